The molecule has 0 bridgehead atoms. The number of carboxylic acids is 1. The molecule has 3 atom stereocenters. The van der Waals surface area contributed by atoms with Crippen molar-refractivity contribution in [2.24, 2.45) is 0 Å². The maximum atomic E-state index is 11.6. The van der Waals surface area contributed by atoms with E-state index in [-0.39, 0.29) is 6.10 Å². The maximum Gasteiger partial charge on any atom is 0.314 e. The average Bonchev–Trinajstić information content (AvgIpc) is 3.07. The Balaban J connectivity index is 1.99. The Morgan fingerprint density at radius 1 is 1.31 bits per heavy atom. The Morgan fingerprint density at radius 2 is 2.06 bits per heavy atom. The van der Waals surface area contributed by atoms with Crippen LogP contribution in [-0.4, -0.2) is 23.3 Å². The molecule has 1 aliphatic heterocycles. The molecule has 2 aliphatic rings. The molecule has 84 valence electrons. The summed E-state index contributed by atoms with van der Waals surface area (Å²) < 4.78 is 5.44. The topological polar surface area (TPSA) is 49.8 Å². The molecule has 1 aliphatic carbocycles. The number of ether oxygens (including phenoxy) is 1. The third-order valence-electron chi connectivity index (χ3n) is 3.83. The highest BCUT2D eigenvalue weighted by atomic mass is 16.6. The first kappa shape index (κ1) is 9.85. The second-order valence-corrected chi connectivity index (χ2v) is 4.71. The smallest absolute Gasteiger partial charge is 0.314 e. The van der Waals surface area contributed by atoms with Crippen LogP contribution >= 0.6 is 0 Å². The van der Waals surface area contributed by atoms with Crippen LogP contribution < -0.4 is 0 Å². The van der Waals surface area contributed by atoms with Crippen LogP contribution in [0.5, 0.6) is 0 Å². The lowest BCUT2D eigenvalue weighted by atomic mass is 9.69. The third kappa shape index (κ3) is 1.35. The van der Waals surface area contributed by atoms with Gasteiger partial charge in [0.25, 0.3) is 0 Å². The van der Waals surface area contributed by atoms with Crippen LogP contribution in [0.4, 0.5) is 0 Å². The summed E-state index contributed by atoms with van der Waals surface area (Å²) in [6, 6.07) is 9.55. The van der Waals surface area contributed by atoms with Crippen LogP contribution in [-0.2, 0) is 14.9 Å². The molecule has 0 amide bonds. The zero-order valence-electron chi connectivity index (χ0n) is 8.93. The van der Waals surface area contributed by atoms with Crippen molar-refractivity contribution < 1.29 is 14.6 Å². The second-order valence-electron chi connectivity index (χ2n) is 4.71. The molecule has 3 unspecified atom stereocenters. The average molecular weight is 218 g/mol. The highest BCUT2D eigenvalue weighted by Crippen LogP contribution is 2.48. The summed E-state index contributed by atoms with van der Waals surface area (Å²) >= 11 is 0. The molecule has 0 aromatic heterocycles. The van der Waals surface area contributed by atoms with Crippen molar-refractivity contribution in [3.63, 3.8) is 0 Å². The van der Waals surface area contributed by atoms with E-state index in [1.54, 1.807) is 0 Å². The van der Waals surface area contributed by atoms with E-state index in [9.17, 15) is 9.90 Å². The molecule has 1 saturated carbocycles. The highest BCUT2D eigenvalue weighted by Gasteiger charge is 2.54. The maximum absolute atomic E-state index is 11.6. The van der Waals surface area contributed by atoms with Crippen molar-refractivity contribution >= 4 is 5.97 Å². The fraction of sp³-hybridized carbons (Fsp3) is 0.462. The fourth-order valence-electron chi connectivity index (χ4n) is 2.78. The van der Waals surface area contributed by atoms with E-state index < -0.39 is 11.4 Å². The van der Waals surface area contributed by atoms with Gasteiger partial charge in [-0.25, -0.2) is 0 Å². The molecule has 0 spiro atoms. The van der Waals surface area contributed by atoms with Crippen LogP contribution in [0.2, 0.25) is 0 Å². The first-order valence-corrected chi connectivity index (χ1v) is 5.67. The first-order valence-electron chi connectivity index (χ1n) is 5.67. The van der Waals surface area contributed by atoms with E-state index in [2.05, 4.69) is 0 Å². The Kier molecular flexibility index (Phi) is 2.04. The van der Waals surface area contributed by atoms with Gasteiger partial charge < -0.3 is 9.84 Å². The molecule has 1 aromatic rings. The minimum absolute atomic E-state index is 0.171. The number of fused-ring (bicyclic) bond motifs is 1. The van der Waals surface area contributed by atoms with E-state index in [1.165, 1.54) is 0 Å². The predicted octanol–water partition coefficient (Wildman–Crippen LogP) is 1.96. The van der Waals surface area contributed by atoms with E-state index in [0.717, 1.165) is 12.0 Å². The standard InChI is InChI=1S/C13H14O3/c14-12(15)13(9-4-2-1-3-5-9)7-6-10-11(8-13)16-10/h1-5,10-11H,6-8H2,(H,14,15). The molecule has 16 heavy (non-hydrogen) atoms. The summed E-state index contributed by atoms with van der Waals surface area (Å²) in [6.45, 7) is 0. The summed E-state index contributed by atoms with van der Waals surface area (Å²) in [5, 5.41) is 9.52. The SMILES string of the molecule is O=C(O)C1(c2ccccc2)CCC2OC2C1. The van der Waals surface area contributed by atoms with Gasteiger partial charge in [0.15, 0.2) is 0 Å². The second kappa shape index (κ2) is 3.32. The zero-order valence-corrected chi connectivity index (χ0v) is 8.93. The molecule has 3 nitrogen and oxygen atoms in total. The van der Waals surface area contributed by atoms with Gasteiger partial charge in [-0.05, 0) is 24.8 Å². The van der Waals surface area contributed by atoms with Crippen molar-refractivity contribution in [1.82, 2.24) is 0 Å². The minimum Gasteiger partial charge on any atom is -0.481 e. The third-order valence-corrected chi connectivity index (χ3v) is 3.83. The minimum atomic E-state index is -0.723. The molecule has 3 rings (SSSR count). The predicted molar refractivity (Wildman–Crippen MR) is 58.3 cm³/mol. The van der Waals surface area contributed by atoms with Crippen LogP contribution in [0, 0.1) is 0 Å². The Bertz CT molecular complexity index is 414. The summed E-state index contributed by atoms with van der Waals surface area (Å²) in [7, 11) is 0. The molecule has 3 heteroatoms. The number of epoxide rings is 1. The fourth-order valence-corrected chi connectivity index (χ4v) is 2.78. The van der Waals surface area contributed by atoms with E-state index in [4.69, 9.17) is 4.74 Å². The number of carboxylic acid groups (broad SMARTS) is 1. The van der Waals surface area contributed by atoms with Crippen LogP contribution in [0.25, 0.3) is 0 Å². The largest absolute Gasteiger partial charge is 0.481 e. The lowest BCUT2D eigenvalue weighted by Crippen LogP contribution is -2.40. The van der Waals surface area contributed by atoms with Gasteiger partial charge in [-0.2, -0.15) is 0 Å². The van der Waals surface area contributed by atoms with Crippen LogP contribution in [0.1, 0.15) is 24.8 Å². The molecule has 1 aromatic carbocycles. The lowest BCUT2D eigenvalue weighted by Gasteiger charge is -2.31. The molecule has 2 fully saturated rings. The van der Waals surface area contributed by atoms with Crippen molar-refractivity contribution in [1.29, 1.82) is 0 Å². The van der Waals surface area contributed by atoms with Gasteiger partial charge in [0, 0.05) is 0 Å². The van der Waals surface area contributed by atoms with Crippen molar-refractivity contribution in [2.45, 2.75) is 36.9 Å². The Hall–Kier alpha value is -1.35. The summed E-state index contributed by atoms with van der Waals surface area (Å²) in [6.07, 6.45) is 2.68. The van der Waals surface area contributed by atoms with Gasteiger partial charge in [0.05, 0.1) is 17.6 Å². The van der Waals surface area contributed by atoms with Gasteiger partial charge in [0.2, 0.25) is 0 Å². The molecular formula is C13H14O3. The van der Waals surface area contributed by atoms with Crippen LogP contribution in [0.15, 0.2) is 30.3 Å². The quantitative estimate of drug-likeness (QED) is 0.772. The first-order chi connectivity index (χ1) is 7.72. The van der Waals surface area contributed by atoms with E-state index in [1.807, 2.05) is 30.3 Å². The zero-order chi connectivity index (χ0) is 11.2. The molecular weight excluding hydrogens is 204 g/mol. The van der Waals surface area contributed by atoms with Crippen molar-refractivity contribution in [3.05, 3.63) is 35.9 Å². The Labute approximate surface area is 94.0 Å². The number of hydrogen-bond donors (Lipinski definition) is 1. The highest BCUT2D eigenvalue weighted by molar-refractivity contribution is 5.81. The van der Waals surface area contributed by atoms with Gasteiger partial charge >= 0.3 is 5.97 Å². The number of hydrogen-bond acceptors (Lipinski definition) is 2. The number of aliphatic carboxylic acids is 1. The Morgan fingerprint density at radius 3 is 2.69 bits per heavy atom. The number of carbonyl (C=O) groups is 1. The van der Waals surface area contributed by atoms with Crippen molar-refractivity contribution in [3.8, 4) is 0 Å². The number of rotatable bonds is 2. The van der Waals surface area contributed by atoms with Gasteiger partial charge in [-0.15, -0.1) is 0 Å². The summed E-state index contributed by atoms with van der Waals surface area (Å²) in [4.78, 5) is 11.6. The van der Waals surface area contributed by atoms with Crippen molar-refractivity contribution in [2.75, 3.05) is 0 Å². The van der Waals surface area contributed by atoms with Gasteiger partial charge in [0.1, 0.15) is 0 Å². The molecule has 1 heterocycles. The van der Waals surface area contributed by atoms with E-state index in [0.29, 0.717) is 18.9 Å². The molecule has 0 radical (unpaired) electrons. The lowest BCUT2D eigenvalue weighted by molar-refractivity contribution is -0.145. The number of benzene rings is 1. The van der Waals surface area contributed by atoms with E-state index >= 15 is 0 Å². The summed E-state index contributed by atoms with van der Waals surface area (Å²) in [5.74, 6) is -0.715. The monoisotopic (exact) mass is 218 g/mol. The summed E-state index contributed by atoms with van der Waals surface area (Å²) in [5.41, 5.74) is 0.190. The van der Waals surface area contributed by atoms with Gasteiger partial charge in [-0.1, -0.05) is 30.3 Å². The molecule has 1 N–H and O–H groups in total. The molecule has 1 saturated heterocycles. The van der Waals surface area contributed by atoms with Gasteiger partial charge in [-0.3, -0.25) is 4.79 Å². The normalized spacial score (nSPS) is 36.5. The van der Waals surface area contributed by atoms with Crippen LogP contribution in [0.3, 0.4) is 0 Å².